The zero-order valence-corrected chi connectivity index (χ0v) is 13.6. The van der Waals surface area contributed by atoms with E-state index in [9.17, 15) is 9.59 Å². The molecule has 0 bridgehead atoms. The number of hydrogen-bond donors (Lipinski definition) is 2. The fraction of sp³-hybridized carbons (Fsp3) is 0.105. The zero-order chi connectivity index (χ0) is 17.6. The average Bonchev–Trinajstić information content (AvgIpc) is 3.14. The second-order valence-corrected chi connectivity index (χ2v) is 5.68. The number of carbonyl (C=O) groups excluding carboxylic acids is 2. The van der Waals surface area contributed by atoms with Gasteiger partial charge in [0.15, 0.2) is 0 Å². The number of nitrogens with two attached hydrogens (primary N) is 1. The minimum absolute atomic E-state index is 0.245. The van der Waals surface area contributed by atoms with Gasteiger partial charge in [0, 0.05) is 36.6 Å². The van der Waals surface area contributed by atoms with Crippen LogP contribution in [0.1, 0.15) is 31.8 Å². The van der Waals surface area contributed by atoms with Crippen molar-refractivity contribution in [2.75, 3.05) is 0 Å². The van der Waals surface area contributed by atoms with Crippen LogP contribution in [0.25, 0.3) is 0 Å². The Hall–Kier alpha value is -3.41. The highest BCUT2D eigenvalue weighted by molar-refractivity contribution is 5.99. The molecule has 126 valence electrons. The molecular formula is C19H18N4O2. The van der Waals surface area contributed by atoms with E-state index in [1.807, 2.05) is 35.0 Å². The summed E-state index contributed by atoms with van der Waals surface area (Å²) in [6, 6.07) is 14.4. The van der Waals surface area contributed by atoms with Crippen molar-refractivity contribution in [1.82, 2.24) is 14.9 Å². The molecule has 2 amide bonds. The van der Waals surface area contributed by atoms with Gasteiger partial charge in [-0.2, -0.15) is 0 Å². The number of aromatic nitrogens is 2. The number of imidazole rings is 1. The summed E-state index contributed by atoms with van der Waals surface area (Å²) in [7, 11) is 0. The maximum absolute atomic E-state index is 12.2. The van der Waals surface area contributed by atoms with Crippen molar-refractivity contribution in [3.05, 3.63) is 89.5 Å². The Morgan fingerprint density at radius 1 is 1.04 bits per heavy atom. The van der Waals surface area contributed by atoms with Crippen LogP contribution in [0.3, 0.4) is 0 Å². The third kappa shape index (κ3) is 4.32. The Kier molecular flexibility index (Phi) is 4.89. The van der Waals surface area contributed by atoms with Gasteiger partial charge in [-0.1, -0.05) is 30.3 Å². The second-order valence-electron chi connectivity index (χ2n) is 5.68. The first-order valence-corrected chi connectivity index (χ1v) is 7.83. The van der Waals surface area contributed by atoms with Crippen molar-refractivity contribution in [3.63, 3.8) is 0 Å². The predicted octanol–water partition coefficient (Wildman–Crippen LogP) is 1.96. The molecule has 1 heterocycles. The molecular weight excluding hydrogens is 316 g/mol. The maximum Gasteiger partial charge on any atom is 0.251 e. The van der Waals surface area contributed by atoms with E-state index in [1.165, 1.54) is 6.07 Å². The van der Waals surface area contributed by atoms with Gasteiger partial charge in [0.05, 0.1) is 6.33 Å². The smallest absolute Gasteiger partial charge is 0.251 e. The van der Waals surface area contributed by atoms with Crippen molar-refractivity contribution in [2.45, 2.75) is 13.1 Å². The molecule has 0 saturated carbocycles. The van der Waals surface area contributed by atoms with E-state index in [0.717, 1.165) is 17.7 Å². The quantitative estimate of drug-likeness (QED) is 0.722. The minimum atomic E-state index is -0.553. The van der Waals surface area contributed by atoms with E-state index in [4.69, 9.17) is 5.73 Å². The van der Waals surface area contributed by atoms with Gasteiger partial charge in [-0.15, -0.1) is 0 Å². The van der Waals surface area contributed by atoms with Crippen LogP contribution in [-0.2, 0) is 13.1 Å². The van der Waals surface area contributed by atoms with Crippen LogP contribution in [0.5, 0.6) is 0 Å². The number of rotatable bonds is 6. The Morgan fingerprint density at radius 2 is 1.76 bits per heavy atom. The molecule has 3 aromatic rings. The molecule has 3 rings (SSSR count). The lowest BCUT2D eigenvalue weighted by atomic mass is 10.1. The number of carbonyl (C=O) groups is 2. The largest absolute Gasteiger partial charge is 0.366 e. The first-order valence-electron chi connectivity index (χ1n) is 7.83. The van der Waals surface area contributed by atoms with Gasteiger partial charge >= 0.3 is 0 Å². The number of benzene rings is 2. The van der Waals surface area contributed by atoms with Crippen molar-refractivity contribution < 1.29 is 9.59 Å². The van der Waals surface area contributed by atoms with E-state index in [1.54, 1.807) is 30.7 Å². The second kappa shape index (κ2) is 7.44. The predicted molar refractivity (Wildman–Crippen MR) is 93.9 cm³/mol. The Morgan fingerprint density at radius 3 is 2.44 bits per heavy atom. The average molecular weight is 334 g/mol. The van der Waals surface area contributed by atoms with Crippen molar-refractivity contribution in [3.8, 4) is 0 Å². The highest BCUT2D eigenvalue weighted by atomic mass is 16.2. The Bertz CT molecular complexity index is 871. The van der Waals surface area contributed by atoms with Crippen molar-refractivity contribution in [1.29, 1.82) is 0 Å². The highest BCUT2D eigenvalue weighted by Crippen LogP contribution is 2.08. The third-order valence-electron chi connectivity index (χ3n) is 3.81. The van der Waals surface area contributed by atoms with Crippen molar-refractivity contribution in [2.24, 2.45) is 5.73 Å². The number of nitrogens with zero attached hydrogens (tertiary/aromatic N) is 2. The number of primary amides is 1. The molecule has 0 radical (unpaired) electrons. The molecule has 0 aliphatic heterocycles. The van der Waals surface area contributed by atoms with Gasteiger partial charge in [-0.3, -0.25) is 9.59 Å². The number of hydrogen-bond acceptors (Lipinski definition) is 3. The highest BCUT2D eigenvalue weighted by Gasteiger charge is 2.08. The van der Waals surface area contributed by atoms with Crippen LogP contribution in [0.2, 0.25) is 0 Å². The summed E-state index contributed by atoms with van der Waals surface area (Å²) >= 11 is 0. The van der Waals surface area contributed by atoms with Crippen LogP contribution in [-0.4, -0.2) is 21.4 Å². The lowest BCUT2D eigenvalue weighted by Gasteiger charge is -2.08. The molecule has 0 aliphatic carbocycles. The normalized spacial score (nSPS) is 10.4. The summed E-state index contributed by atoms with van der Waals surface area (Å²) in [5.74, 6) is -0.797. The third-order valence-corrected chi connectivity index (χ3v) is 3.81. The fourth-order valence-electron chi connectivity index (χ4n) is 2.45. The van der Waals surface area contributed by atoms with Crippen LogP contribution in [0.15, 0.2) is 67.3 Å². The van der Waals surface area contributed by atoms with E-state index in [0.29, 0.717) is 17.7 Å². The van der Waals surface area contributed by atoms with Gasteiger partial charge in [0.1, 0.15) is 0 Å². The standard InChI is InChI=1S/C19H18N4O2/c20-18(24)16-2-1-3-17(10-16)19(25)22-11-14-4-6-15(7-5-14)12-23-9-8-21-13-23/h1-10,13H,11-12H2,(H2,20,24)(H,22,25). The van der Waals surface area contributed by atoms with E-state index < -0.39 is 5.91 Å². The van der Waals surface area contributed by atoms with Crippen LogP contribution in [0.4, 0.5) is 0 Å². The lowest BCUT2D eigenvalue weighted by molar-refractivity contribution is 0.0951. The van der Waals surface area contributed by atoms with Crippen LogP contribution >= 0.6 is 0 Å². The molecule has 2 aromatic carbocycles. The molecule has 0 atom stereocenters. The summed E-state index contributed by atoms with van der Waals surface area (Å²) < 4.78 is 1.99. The summed E-state index contributed by atoms with van der Waals surface area (Å²) in [6.45, 7) is 1.16. The zero-order valence-electron chi connectivity index (χ0n) is 13.6. The van der Waals surface area contributed by atoms with Crippen LogP contribution in [0, 0.1) is 0 Å². The molecule has 0 spiro atoms. The molecule has 3 N–H and O–H groups in total. The first-order chi connectivity index (χ1) is 12.1. The summed E-state index contributed by atoms with van der Waals surface area (Å²) in [4.78, 5) is 27.4. The Balaban J connectivity index is 1.58. The molecule has 6 nitrogen and oxygen atoms in total. The lowest BCUT2D eigenvalue weighted by Crippen LogP contribution is -2.23. The summed E-state index contributed by atoms with van der Waals surface area (Å²) in [5, 5.41) is 2.84. The van der Waals surface area contributed by atoms with E-state index >= 15 is 0 Å². The minimum Gasteiger partial charge on any atom is -0.366 e. The number of amides is 2. The first kappa shape index (κ1) is 16.4. The van der Waals surface area contributed by atoms with Gasteiger partial charge < -0.3 is 15.6 Å². The van der Waals surface area contributed by atoms with Crippen molar-refractivity contribution >= 4 is 11.8 Å². The maximum atomic E-state index is 12.2. The SMILES string of the molecule is NC(=O)c1cccc(C(=O)NCc2ccc(Cn3ccnc3)cc2)c1. The van der Waals surface area contributed by atoms with Gasteiger partial charge in [0.25, 0.3) is 5.91 Å². The molecule has 0 fully saturated rings. The van der Waals surface area contributed by atoms with E-state index in [-0.39, 0.29) is 5.91 Å². The van der Waals surface area contributed by atoms with Gasteiger partial charge in [-0.25, -0.2) is 4.98 Å². The van der Waals surface area contributed by atoms with Gasteiger partial charge in [-0.05, 0) is 29.3 Å². The molecule has 1 aromatic heterocycles. The molecule has 6 heteroatoms. The number of nitrogens with one attached hydrogen (secondary N) is 1. The molecule has 25 heavy (non-hydrogen) atoms. The van der Waals surface area contributed by atoms with Crippen LogP contribution < -0.4 is 11.1 Å². The topological polar surface area (TPSA) is 90.0 Å². The van der Waals surface area contributed by atoms with Gasteiger partial charge in [0.2, 0.25) is 5.91 Å². The fourth-order valence-corrected chi connectivity index (χ4v) is 2.45. The summed E-state index contributed by atoms with van der Waals surface area (Å²) in [6.07, 6.45) is 5.43. The monoisotopic (exact) mass is 334 g/mol. The molecule has 0 unspecified atom stereocenters. The molecule has 0 saturated heterocycles. The summed E-state index contributed by atoms with van der Waals surface area (Å²) in [5.41, 5.74) is 8.11. The van der Waals surface area contributed by atoms with E-state index in [2.05, 4.69) is 10.3 Å². The Labute approximate surface area is 145 Å². The molecule has 0 aliphatic rings.